The average molecular weight is 404 g/mol. The Balaban J connectivity index is 2.76. The van der Waals surface area contributed by atoms with E-state index in [0.717, 1.165) is 10.5 Å². The molecule has 134 valence electrons. The van der Waals surface area contributed by atoms with E-state index < -0.39 is 23.7 Å². The van der Waals surface area contributed by atoms with Crippen LogP contribution < -0.4 is 0 Å². The molecular formula is C16H22BrNO6. The van der Waals surface area contributed by atoms with Crippen LogP contribution in [-0.2, 0) is 30.4 Å². The van der Waals surface area contributed by atoms with E-state index in [9.17, 15) is 14.7 Å². The van der Waals surface area contributed by atoms with Gasteiger partial charge in [0.05, 0.1) is 18.5 Å². The molecular weight excluding hydrogens is 382 g/mol. The fourth-order valence-electron chi connectivity index (χ4n) is 2.05. The number of nitrogens with zero attached hydrogens (tertiary/aromatic N) is 1. The minimum atomic E-state index is -1.58. The monoisotopic (exact) mass is 403 g/mol. The first-order valence-corrected chi connectivity index (χ1v) is 8.32. The highest BCUT2D eigenvalue weighted by Crippen LogP contribution is 2.19. The van der Waals surface area contributed by atoms with Crippen LogP contribution in [0.5, 0.6) is 0 Å². The molecule has 0 aromatic heterocycles. The number of likely N-dealkylation sites (N-methyl/N-ethyl adjacent to an activating group) is 1. The third-order valence-corrected chi connectivity index (χ3v) is 4.36. The Hall–Kier alpha value is -1.48. The molecule has 1 aromatic carbocycles. The summed E-state index contributed by atoms with van der Waals surface area (Å²) < 4.78 is 15.7. The van der Waals surface area contributed by atoms with Crippen molar-refractivity contribution >= 4 is 27.8 Å². The first kappa shape index (κ1) is 20.6. The molecule has 1 unspecified atom stereocenters. The van der Waals surface area contributed by atoms with Crippen LogP contribution in [0.4, 0.5) is 0 Å². The van der Waals surface area contributed by atoms with Gasteiger partial charge in [-0.05, 0) is 5.56 Å². The smallest absolute Gasteiger partial charge is 0.328 e. The third kappa shape index (κ3) is 5.01. The van der Waals surface area contributed by atoms with E-state index in [1.165, 1.54) is 21.3 Å². The van der Waals surface area contributed by atoms with Crippen molar-refractivity contribution in [1.82, 2.24) is 4.90 Å². The summed E-state index contributed by atoms with van der Waals surface area (Å²) in [7, 11) is 4.01. The van der Waals surface area contributed by atoms with Crippen molar-refractivity contribution in [2.75, 3.05) is 33.2 Å². The second-order valence-corrected chi connectivity index (χ2v) is 5.63. The predicted molar refractivity (Wildman–Crippen MR) is 90.8 cm³/mol. The lowest BCUT2D eigenvalue weighted by Gasteiger charge is -2.34. The van der Waals surface area contributed by atoms with Crippen LogP contribution in [0.3, 0.4) is 0 Å². The molecule has 0 aliphatic rings. The molecule has 1 aromatic rings. The number of ether oxygens (including phenoxy) is 3. The van der Waals surface area contributed by atoms with Crippen LogP contribution in [0.1, 0.15) is 5.56 Å². The highest BCUT2D eigenvalue weighted by molar-refractivity contribution is 9.09. The number of carbonyl (C=O) groups is 2. The molecule has 0 spiro atoms. The summed E-state index contributed by atoms with van der Waals surface area (Å²) in [6, 6.07) is 8.19. The fourth-order valence-corrected chi connectivity index (χ4v) is 2.74. The summed E-state index contributed by atoms with van der Waals surface area (Å²) in [5.74, 6) is -3.36. The van der Waals surface area contributed by atoms with Crippen LogP contribution >= 0.6 is 15.9 Å². The first-order chi connectivity index (χ1) is 11.4. The topological polar surface area (TPSA) is 85.3 Å². The first-order valence-electron chi connectivity index (χ1n) is 7.19. The fraction of sp³-hybridized carbons (Fsp3) is 0.500. The van der Waals surface area contributed by atoms with E-state index in [2.05, 4.69) is 15.9 Å². The van der Waals surface area contributed by atoms with Gasteiger partial charge in [-0.3, -0.25) is 4.79 Å². The molecule has 1 atom stereocenters. The molecule has 0 fully saturated rings. The quantitative estimate of drug-likeness (QED) is 0.470. The van der Waals surface area contributed by atoms with Gasteiger partial charge in [0.1, 0.15) is 0 Å². The van der Waals surface area contributed by atoms with Crippen LogP contribution in [-0.4, -0.2) is 66.9 Å². The zero-order valence-corrected chi connectivity index (χ0v) is 15.5. The molecule has 8 heteroatoms. The number of hydrogen-bond donors (Lipinski definition) is 1. The number of rotatable bonds is 10. The highest BCUT2D eigenvalue weighted by Gasteiger charge is 2.43. The number of methoxy groups -OCH3 is 2. The van der Waals surface area contributed by atoms with Crippen molar-refractivity contribution < 1.29 is 28.9 Å². The molecule has 0 radical (unpaired) electrons. The molecule has 1 rings (SSSR count). The Morgan fingerprint density at radius 3 is 2.29 bits per heavy atom. The van der Waals surface area contributed by atoms with Gasteiger partial charge in [0, 0.05) is 21.3 Å². The van der Waals surface area contributed by atoms with E-state index in [1.807, 2.05) is 30.3 Å². The van der Waals surface area contributed by atoms with E-state index >= 15 is 0 Å². The van der Waals surface area contributed by atoms with E-state index in [1.54, 1.807) is 0 Å². The standard InChI is InChI=1S/C16H22BrNO6/c1-18(15(21)16(11-17,22-2)23-3)13(14(19)20)10-24-9-12-7-5-4-6-8-12/h4-8,13H,9-11H2,1-3H3,(H,19,20). The number of carboxylic acid groups (broad SMARTS) is 1. The summed E-state index contributed by atoms with van der Waals surface area (Å²) in [6.45, 7) is 0.100. The Morgan fingerprint density at radius 1 is 1.25 bits per heavy atom. The minimum absolute atomic E-state index is 0.0629. The lowest BCUT2D eigenvalue weighted by molar-refractivity contribution is -0.210. The highest BCUT2D eigenvalue weighted by atomic mass is 79.9. The Morgan fingerprint density at radius 2 is 1.83 bits per heavy atom. The average Bonchev–Trinajstić information content (AvgIpc) is 2.60. The van der Waals surface area contributed by atoms with Crippen molar-refractivity contribution in [1.29, 1.82) is 0 Å². The zero-order valence-electron chi connectivity index (χ0n) is 13.9. The maximum absolute atomic E-state index is 12.6. The van der Waals surface area contributed by atoms with Crippen LogP contribution in [0.15, 0.2) is 30.3 Å². The number of hydrogen-bond acceptors (Lipinski definition) is 5. The lowest BCUT2D eigenvalue weighted by Crippen LogP contribution is -2.57. The van der Waals surface area contributed by atoms with Crippen LogP contribution in [0.25, 0.3) is 0 Å². The number of benzene rings is 1. The van der Waals surface area contributed by atoms with Crippen LogP contribution in [0.2, 0.25) is 0 Å². The molecule has 1 N–H and O–H groups in total. The zero-order chi connectivity index (χ0) is 18.2. The predicted octanol–water partition coefficient (Wildman–Crippen LogP) is 1.50. The second kappa shape index (κ2) is 9.73. The Labute approximate surface area is 149 Å². The summed E-state index contributed by atoms with van der Waals surface area (Å²) in [5.41, 5.74) is 0.916. The van der Waals surface area contributed by atoms with Gasteiger partial charge in [0.25, 0.3) is 11.7 Å². The summed E-state index contributed by atoms with van der Waals surface area (Å²) in [5, 5.41) is 9.47. The van der Waals surface area contributed by atoms with Crippen molar-refractivity contribution in [2.45, 2.75) is 18.4 Å². The third-order valence-electron chi connectivity index (χ3n) is 3.62. The summed E-state index contributed by atoms with van der Waals surface area (Å²) >= 11 is 3.16. The minimum Gasteiger partial charge on any atom is -0.480 e. The molecule has 0 aliphatic heterocycles. The molecule has 0 saturated heterocycles. The van der Waals surface area contributed by atoms with Crippen LogP contribution in [0, 0.1) is 0 Å². The van der Waals surface area contributed by atoms with Gasteiger partial charge < -0.3 is 24.2 Å². The van der Waals surface area contributed by atoms with Gasteiger partial charge in [-0.2, -0.15) is 0 Å². The van der Waals surface area contributed by atoms with E-state index in [0.29, 0.717) is 0 Å². The molecule has 7 nitrogen and oxygen atoms in total. The SMILES string of the molecule is COC(CBr)(OC)C(=O)N(C)C(COCc1ccccc1)C(=O)O. The van der Waals surface area contributed by atoms with Crippen molar-refractivity contribution in [3.8, 4) is 0 Å². The number of carbonyl (C=O) groups excluding carboxylic acids is 1. The van der Waals surface area contributed by atoms with Gasteiger partial charge in [-0.15, -0.1) is 0 Å². The molecule has 0 saturated carbocycles. The Bertz CT molecular complexity index is 526. The molecule has 0 heterocycles. The largest absolute Gasteiger partial charge is 0.480 e. The summed E-state index contributed by atoms with van der Waals surface area (Å²) in [4.78, 5) is 25.1. The number of amides is 1. The molecule has 0 bridgehead atoms. The van der Waals surface area contributed by atoms with Crippen molar-refractivity contribution in [3.63, 3.8) is 0 Å². The van der Waals surface area contributed by atoms with Gasteiger partial charge in [-0.25, -0.2) is 4.79 Å². The van der Waals surface area contributed by atoms with Crippen molar-refractivity contribution in [3.05, 3.63) is 35.9 Å². The number of halogens is 1. The summed E-state index contributed by atoms with van der Waals surface area (Å²) in [6.07, 6.45) is 0. The molecule has 24 heavy (non-hydrogen) atoms. The Kier molecular flexibility index (Phi) is 8.34. The maximum atomic E-state index is 12.6. The van der Waals surface area contributed by atoms with Crippen molar-refractivity contribution in [2.24, 2.45) is 0 Å². The van der Waals surface area contributed by atoms with E-state index in [4.69, 9.17) is 14.2 Å². The molecule has 1 amide bonds. The number of carboxylic acids is 1. The maximum Gasteiger partial charge on any atom is 0.328 e. The second-order valence-electron chi connectivity index (χ2n) is 5.07. The molecule has 0 aliphatic carbocycles. The number of aliphatic carboxylic acids is 1. The van der Waals surface area contributed by atoms with Gasteiger partial charge in [0.2, 0.25) is 0 Å². The van der Waals surface area contributed by atoms with Gasteiger partial charge in [0.15, 0.2) is 6.04 Å². The normalized spacial score (nSPS) is 12.7. The van der Waals surface area contributed by atoms with Gasteiger partial charge >= 0.3 is 5.97 Å². The number of alkyl halides is 1. The van der Waals surface area contributed by atoms with Gasteiger partial charge in [-0.1, -0.05) is 46.3 Å². The lowest BCUT2D eigenvalue weighted by atomic mass is 10.2. The van der Waals surface area contributed by atoms with E-state index in [-0.39, 0.29) is 18.5 Å².